The molecule has 1 saturated heterocycles. The van der Waals surface area contributed by atoms with Crippen molar-refractivity contribution in [3.63, 3.8) is 0 Å². The van der Waals surface area contributed by atoms with Crippen LogP contribution in [0.5, 0.6) is 0 Å². The Labute approximate surface area is 148 Å². The van der Waals surface area contributed by atoms with Gasteiger partial charge < -0.3 is 15.0 Å². The summed E-state index contributed by atoms with van der Waals surface area (Å²) in [5.41, 5.74) is 4.31. The topological polar surface area (TPSA) is 117 Å². The molecule has 0 amide bonds. The summed E-state index contributed by atoms with van der Waals surface area (Å²) in [4.78, 5) is 0. The van der Waals surface area contributed by atoms with Gasteiger partial charge in [0, 0.05) is 5.46 Å². The Bertz CT molecular complexity index is 820. The van der Waals surface area contributed by atoms with Crippen LogP contribution >= 0.6 is 0 Å². The van der Waals surface area contributed by atoms with Gasteiger partial charge in [-0.05, 0) is 33.8 Å². The first-order chi connectivity index (χ1) is 11.9. The third-order valence-electron chi connectivity index (χ3n) is 4.34. The molecule has 7 nitrogen and oxygen atoms in total. The minimum Gasteiger partial charge on any atom is -0.399 e. The van der Waals surface area contributed by atoms with Crippen molar-refractivity contribution in [2.24, 2.45) is 10.8 Å². The molecule has 0 aromatic heterocycles. The maximum absolute atomic E-state index is 14.3. The number of nitrogens with zero attached hydrogens (tertiary/aromatic N) is 2. The predicted octanol–water partition coefficient (Wildman–Crippen LogP) is 1.63. The molecule has 1 aliphatic heterocycles. The number of anilines is 1. The highest BCUT2D eigenvalue weighted by molar-refractivity contribution is 6.64. The van der Waals surface area contributed by atoms with Crippen LogP contribution in [0.3, 0.4) is 0 Å². The Hall–Kier alpha value is -2.58. The molecular formula is C15H17BF3N5O2. The zero-order valence-corrected chi connectivity index (χ0v) is 14.6. The van der Waals surface area contributed by atoms with Gasteiger partial charge in [-0.25, -0.2) is 13.2 Å². The second-order valence-corrected chi connectivity index (χ2v) is 6.64. The molecule has 1 aromatic rings. The molecule has 4 N–H and O–H groups in total. The first-order valence-corrected chi connectivity index (χ1v) is 7.52. The lowest BCUT2D eigenvalue weighted by Gasteiger charge is -2.32. The van der Waals surface area contributed by atoms with Crippen LogP contribution in [-0.2, 0) is 9.31 Å². The molecule has 26 heavy (non-hydrogen) atoms. The molecule has 0 bridgehead atoms. The maximum atomic E-state index is 14.3. The summed E-state index contributed by atoms with van der Waals surface area (Å²) < 4.78 is 53.2. The van der Waals surface area contributed by atoms with Crippen LogP contribution < -0.4 is 16.6 Å². The molecule has 0 saturated carbocycles. The van der Waals surface area contributed by atoms with Crippen LogP contribution in [0.25, 0.3) is 0 Å². The lowest BCUT2D eigenvalue weighted by atomic mass is 9.77. The van der Waals surface area contributed by atoms with E-state index < -0.39 is 53.0 Å². The van der Waals surface area contributed by atoms with Crippen molar-refractivity contribution in [3.05, 3.63) is 23.5 Å². The van der Waals surface area contributed by atoms with Gasteiger partial charge in [0.05, 0.1) is 16.9 Å². The van der Waals surface area contributed by atoms with E-state index >= 15 is 0 Å². The van der Waals surface area contributed by atoms with Crippen LogP contribution in [0.2, 0.25) is 0 Å². The Balaban J connectivity index is 2.54. The normalized spacial score (nSPS) is 18.5. The standard InChI is InChI=1S/C15H17BF3N5O2/c1-14(2)15(3,4)26-16(25-14)7-5-8(17)10(18)11(19)12(7)24-23-9(6-20)13(21)22/h5,24H,1-4H3,(H3,21,22)/b23-9+. The number of hydrogen-bond acceptors (Lipinski definition) is 6. The molecule has 1 aromatic carbocycles. The van der Waals surface area contributed by atoms with Crippen molar-refractivity contribution in [2.75, 3.05) is 5.43 Å². The smallest absolute Gasteiger partial charge is 0.399 e. The predicted molar refractivity (Wildman–Crippen MR) is 90.6 cm³/mol. The van der Waals surface area contributed by atoms with Gasteiger partial charge in [-0.1, -0.05) is 0 Å². The van der Waals surface area contributed by atoms with E-state index in [4.69, 9.17) is 25.7 Å². The fourth-order valence-electron chi connectivity index (χ4n) is 2.14. The van der Waals surface area contributed by atoms with Crippen LogP contribution in [-0.4, -0.2) is 29.9 Å². The molecule has 0 aliphatic carbocycles. The van der Waals surface area contributed by atoms with E-state index in [-0.39, 0.29) is 5.46 Å². The third-order valence-corrected chi connectivity index (χ3v) is 4.34. The van der Waals surface area contributed by atoms with Crippen molar-refractivity contribution in [2.45, 2.75) is 38.9 Å². The molecule has 0 radical (unpaired) electrons. The van der Waals surface area contributed by atoms with Gasteiger partial charge in [0.1, 0.15) is 6.07 Å². The fraction of sp³-hybridized carbons (Fsp3) is 0.400. The lowest BCUT2D eigenvalue weighted by Crippen LogP contribution is -2.41. The number of nitrogens with two attached hydrogens (primary N) is 1. The average Bonchev–Trinajstić information content (AvgIpc) is 2.74. The first-order valence-electron chi connectivity index (χ1n) is 7.52. The van der Waals surface area contributed by atoms with Gasteiger partial charge in [0.25, 0.3) is 0 Å². The highest BCUT2D eigenvalue weighted by atomic mass is 19.2. The molecule has 1 fully saturated rings. The van der Waals surface area contributed by atoms with E-state index in [1.807, 2.05) is 0 Å². The molecular weight excluding hydrogens is 350 g/mol. The van der Waals surface area contributed by atoms with Gasteiger partial charge in [-0.15, -0.1) is 0 Å². The summed E-state index contributed by atoms with van der Waals surface area (Å²) in [7, 11) is -1.22. The number of amidine groups is 1. The molecule has 1 aliphatic rings. The maximum Gasteiger partial charge on any atom is 0.497 e. The molecule has 1 heterocycles. The van der Waals surface area contributed by atoms with E-state index in [1.54, 1.807) is 27.7 Å². The van der Waals surface area contributed by atoms with Crippen LogP contribution in [0.15, 0.2) is 11.2 Å². The average molecular weight is 367 g/mol. The fourth-order valence-corrected chi connectivity index (χ4v) is 2.14. The van der Waals surface area contributed by atoms with E-state index in [0.29, 0.717) is 0 Å². The second-order valence-electron chi connectivity index (χ2n) is 6.64. The van der Waals surface area contributed by atoms with Gasteiger partial charge >= 0.3 is 7.12 Å². The Morgan fingerprint density at radius 2 is 1.77 bits per heavy atom. The van der Waals surface area contributed by atoms with Crippen molar-refractivity contribution < 1.29 is 22.5 Å². The van der Waals surface area contributed by atoms with Gasteiger partial charge in [-0.2, -0.15) is 10.4 Å². The monoisotopic (exact) mass is 367 g/mol. The molecule has 11 heteroatoms. The van der Waals surface area contributed by atoms with E-state index in [9.17, 15) is 13.2 Å². The van der Waals surface area contributed by atoms with Crippen LogP contribution in [0.4, 0.5) is 18.9 Å². The molecule has 0 unspecified atom stereocenters. The number of nitriles is 1. The molecule has 2 rings (SSSR count). The quantitative estimate of drug-likeness (QED) is 0.246. The summed E-state index contributed by atoms with van der Waals surface area (Å²) in [6.07, 6.45) is 0. The third kappa shape index (κ3) is 3.38. The minimum absolute atomic E-state index is 0.190. The lowest BCUT2D eigenvalue weighted by molar-refractivity contribution is 0.00578. The van der Waals surface area contributed by atoms with Gasteiger partial charge in [0.2, 0.25) is 5.71 Å². The highest BCUT2D eigenvalue weighted by Gasteiger charge is 2.52. The zero-order valence-electron chi connectivity index (χ0n) is 14.6. The summed E-state index contributed by atoms with van der Waals surface area (Å²) in [6.45, 7) is 6.94. The van der Waals surface area contributed by atoms with Crippen LogP contribution in [0.1, 0.15) is 27.7 Å². The van der Waals surface area contributed by atoms with Crippen molar-refractivity contribution >= 4 is 29.8 Å². The summed E-state index contributed by atoms with van der Waals surface area (Å²) in [5, 5.41) is 19.5. The molecule has 0 atom stereocenters. The number of hydrogen-bond donors (Lipinski definition) is 3. The SMILES string of the molecule is CC1(C)OB(c2cc(F)c(F)c(F)c2N/N=C(\C#N)C(=N)N)OC1(C)C. The summed E-state index contributed by atoms with van der Waals surface area (Å²) in [5.74, 6) is -5.42. The number of benzene rings is 1. The number of halogens is 3. The molecule has 138 valence electrons. The van der Waals surface area contributed by atoms with Gasteiger partial charge in [0.15, 0.2) is 23.3 Å². The van der Waals surface area contributed by atoms with Crippen molar-refractivity contribution in [3.8, 4) is 6.07 Å². The Morgan fingerprint density at radius 3 is 2.23 bits per heavy atom. The Kier molecular flexibility index (Phi) is 5.03. The highest BCUT2D eigenvalue weighted by Crippen LogP contribution is 2.37. The minimum atomic E-state index is -1.73. The van der Waals surface area contributed by atoms with Gasteiger partial charge in [-0.3, -0.25) is 10.8 Å². The number of hydrazone groups is 1. The molecule has 0 spiro atoms. The largest absolute Gasteiger partial charge is 0.497 e. The number of rotatable bonds is 4. The van der Waals surface area contributed by atoms with Crippen LogP contribution in [0, 0.1) is 34.2 Å². The summed E-state index contributed by atoms with van der Waals surface area (Å²) >= 11 is 0. The Morgan fingerprint density at radius 1 is 1.23 bits per heavy atom. The van der Waals surface area contributed by atoms with E-state index in [0.717, 1.165) is 6.07 Å². The summed E-state index contributed by atoms with van der Waals surface area (Å²) in [6, 6.07) is 2.24. The zero-order chi connectivity index (χ0) is 19.9. The van der Waals surface area contributed by atoms with Crippen molar-refractivity contribution in [1.29, 1.82) is 10.7 Å². The first kappa shape index (κ1) is 19.7. The van der Waals surface area contributed by atoms with E-state index in [1.165, 1.54) is 6.07 Å². The van der Waals surface area contributed by atoms with Crippen molar-refractivity contribution in [1.82, 2.24) is 0 Å². The van der Waals surface area contributed by atoms with E-state index in [2.05, 4.69) is 10.5 Å². The second kappa shape index (κ2) is 6.62. The number of nitrogens with one attached hydrogen (secondary N) is 2.